The Morgan fingerprint density at radius 2 is 2.00 bits per heavy atom. The SMILES string of the molecule is CCN(CC)C(N)=NCc1nc(C(F)(F)F)n[nH]1. The van der Waals surface area contributed by atoms with Gasteiger partial charge in [-0.1, -0.05) is 0 Å². The van der Waals surface area contributed by atoms with Crippen molar-refractivity contribution >= 4 is 5.96 Å². The number of aromatic nitrogens is 3. The molecule has 9 heteroatoms. The summed E-state index contributed by atoms with van der Waals surface area (Å²) < 4.78 is 36.7. The first-order valence-corrected chi connectivity index (χ1v) is 5.41. The smallest absolute Gasteiger partial charge is 0.370 e. The fourth-order valence-corrected chi connectivity index (χ4v) is 1.30. The second kappa shape index (κ2) is 5.69. The van der Waals surface area contributed by atoms with Crippen LogP contribution in [0.15, 0.2) is 4.99 Å². The Bertz CT molecular complexity index is 407. The first kappa shape index (κ1) is 14.3. The normalized spacial score (nSPS) is 12.8. The minimum atomic E-state index is -4.55. The summed E-state index contributed by atoms with van der Waals surface area (Å²) in [4.78, 5) is 9.02. The van der Waals surface area contributed by atoms with E-state index in [0.29, 0.717) is 13.1 Å². The lowest BCUT2D eigenvalue weighted by atomic mass is 10.5. The molecule has 1 aromatic heterocycles. The molecular weight excluding hydrogens is 249 g/mol. The largest absolute Gasteiger partial charge is 0.453 e. The molecule has 0 aromatic carbocycles. The van der Waals surface area contributed by atoms with Crippen molar-refractivity contribution in [3.8, 4) is 0 Å². The molecule has 1 rings (SSSR count). The van der Waals surface area contributed by atoms with Crippen molar-refractivity contribution in [3.05, 3.63) is 11.6 Å². The number of halogens is 3. The zero-order valence-corrected chi connectivity index (χ0v) is 10.1. The van der Waals surface area contributed by atoms with E-state index < -0.39 is 12.0 Å². The van der Waals surface area contributed by atoms with Crippen LogP contribution in [0, 0.1) is 0 Å². The highest BCUT2D eigenvalue weighted by molar-refractivity contribution is 5.77. The minimum Gasteiger partial charge on any atom is -0.370 e. The van der Waals surface area contributed by atoms with Crippen LogP contribution in [-0.2, 0) is 12.7 Å². The zero-order valence-electron chi connectivity index (χ0n) is 10.1. The van der Waals surface area contributed by atoms with Crippen LogP contribution in [0.2, 0.25) is 0 Å². The monoisotopic (exact) mass is 264 g/mol. The molecule has 1 heterocycles. The second-order valence-electron chi connectivity index (χ2n) is 3.45. The number of H-pyrrole nitrogens is 1. The molecule has 0 bridgehead atoms. The van der Waals surface area contributed by atoms with Gasteiger partial charge in [0, 0.05) is 13.1 Å². The number of nitrogens with zero attached hydrogens (tertiary/aromatic N) is 4. The molecular formula is C9H15F3N6. The van der Waals surface area contributed by atoms with Crippen LogP contribution < -0.4 is 5.73 Å². The third kappa shape index (κ3) is 3.60. The van der Waals surface area contributed by atoms with Gasteiger partial charge in [-0.25, -0.2) is 9.98 Å². The van der Waals surface area contributed by atoms with Crippen molar-refractivity contribution in [3.63, 3.8) is 0 Å². The van der Waals surface area contributed by atoms with E-state index >= 15 is 0 Å². The summed E-state index contributed by atoms with van der Waals surface area (Å²) in [5.74, 6) is -0.906. The maximum absolute atomic E-state index is 12.2. The average Bonchev–Trinajstić information content (AvgIpc) is 2.76. The van der Waals surface area contributed by atoms with Gasteiger partial charge in [0.05, 0.1) is 0 Å². The number of hydrogen-bond acceptors (Lipinski definition) is 3. The predicted molar refractivity (Wildman–Crippen MR) is 59.6 cm³/mol. The van der Waals surface area contributed by atoms with Gasteiger partial charge in [0.15, 0.2) is 5.96 Å². The highest BCUT2D eigenvalue weighted by atomic mass is 19.4. The molecule has 0 aliphatic carbocycles. The lowest BCUT2D eigenvalue weighted by molar-refractivity contribution is -0.144. The summed E-state index contributed by atoms with van der Waals surface area (Å²) in [5.41, 5.74) is 5.67. The first-order chi connectivity index (χ1) is 8.38. The maximum Gasteiger partial charge on any atom is 0.453 e. The van der Waals surface area contributed by atoms with Crippen LogP contribution in [-0.4, -0.2) is 39.1 Å². The van der Waals surface area contributed by atoms with Crippen LogP contribution in [0.4, 0.5) is 13.2 Å². The third-order valence-electron chi connectivity index (χ3n) is 2.26. The first-order valence-electron chi connectivity index (χ1n) is 5.41. The Morgan fingerprint density at radius 3 is 2.44 bits per heavy atom. The molecule has 0 spiro atoms. The molecule has 0 atom stereocenters. The fraction of sp³-hybridized carbons (Fsp3) is 0.667. The van der Waals surface area contributed by atoms with E-state index in [1.54, 1.807) is 4.90 Å². The van der Waals surface area contributed by atoms with E-state index in [2.05, 4.69) is 20.2 Å². The van der Waals surface area contributed by atoms with E-state index in [0.717, 1.165) is 0 Å². The quantitative estimate of drug-likeness (QED) is 0.627. The predicted octanol–water partition coefficient (Wildman–Crippen LogP) is 0.980. The molecule has 0 unspecified atom stereocenters. The van der Waals surface area contributed by atoms with Crippen molar-refractivity contribution < 1.29 is 13.2 Å². The average molecular weight is 264 g/mol. The molecule has 102 valence electrons. The number of aliphatic imine (C=N–C) groups is 1. The molecule has 0 saturated carbocycles. The summed E-state index contributed by atoms with van der Waals surface area (Å²) in [7, 11) is 0. The molecule has 6 nitrogen and oxygen atoms in total. The third-order valence-corrected chi connectivity index (χ3v) is 2.26. The Kier molecular flexibility index (Phi) is 4.51. The topological polar surface area (TPSA) is 83.2 Å². The van der Waals surface area contributed by atoms with Crippen LogP contribution in [0.1, 0.15) is 25.5 Å². The summed E-state index contributed by atoms with van der Waals surface area (Å²) >= 11 is 0. The van der Waals surface area contributed by atoms with Gasteiger partial charge in [0.1, 0.15) is 12.4 Å². The van der Waals surface area contributed by atoms with E-state index in [4.69, 9.17) is 5.73 Å². The molecule has 0 saturated heterocycles. The van der Waals surface area contributed by atoms with Crippen molar-refractivity contribution in [1.29, 1.82) is 0 Å². The van der Waals surface area contributed by atoms with E-state index in [1.165, 1.54) is 0 Å². The zero-order chi connectivity index (χ0) is 13.8. The molecule has 3 N–H and O–H groups in total. The van der Waals surface area contributed by atoms with Crippen LogP contribution in [0.5, 0.6) is 0 Å². The second-order valence-corrected chi connectivity index (χ2v) is 3.45. The van der Waals surface area contributed by atoms with E-state index in [1.807, 2.05) is 13.8 Å². The number of hydrogen-bond donors (Lipinski definition) is 2. The molecule has 0 aliphatic heterocycles. The number of aromatic amines is 1. The number of alkyl halides is 3. The number of guanidine groups is 1. The lowest BCUT2D eigenvalue weighted by Crippen LogP contribution is -2.37. The molecule has 0 amide bonds. The van der Waals surface area contributed by atoms with Gasteiger partial charge in [-0.05, 0) is 13.8 Å². The van der Waals surface area contributed by atoms with Crippen molar-refractivity contribution in [1.82, 2.24) is 20.1 Å². The standard InChI is InChI=1S/C9H15F3N6/c1-3-18(4-2)8(13)14-5-6-15-7(17-16-6)9(10,11)12/h3-5H2,1-2H3,(H2,13,14)(H,15,16,17). The highest BCUT2D eigenvalue weighted by Gasteiger charge is 2.35. The van der Waals surface area contributed by atoms with Gasteiger partial charge in [-0.15, -0.1) is 5.10 Å². The Balaban J connectivity index is 2.69. The van der Waals surface area contributed by atoms with Crippen molar-refractivity contribution in [2.75, 3.05) is 13.1 Å². The molecule has 18 heavy (non-hydrogen) atoms. The van der Waals surface area contributed by atoms with Gasteiger partial charge >= 0.3 is 6.18 Å². The van der Waals surface area contributed by atoms with Gasteiger partial charge in [-0.2, -0.15) is 13.2 Å². The number of nitrogens with one attached hydrogen (secondary N) is 1. The van der Waals surface area contributed by atoms with E-state index in [-0.39, 0.29) is 18.3 Å². The van der Waals surface area contributed by atoms with Gasteiger partial charge < -0.3 is 10.6 Å². The fourth-order valence-electron chi connectivity index (χ4n) is 1.30. The van der Waals surface area contributed by atoms with Gasteiger partial charge in [0.25, 0.3) is 5.82 Å². The summed E-state index contributed by atoms with van der Waals surface area (Å²) in [6, 6.07) is 0. The number of rotatable bonds is 4. The van der Waals surface area contributed by atoms with Gasteiger partial charge in [-0.3, -0.25) is 5.10 Å². The lowest BCUT2D eigenvalue weighted by Gasteiger charge is -2.18. The van der Waals surface area contributed by atoms with Gasteiger partial charge in [0.2, 0.25) is 0 Å². The Labute approximate surface area is 102 Å². The number of nitrogens with two attached hydrogens (primary N) is 1. The molecule has 0 aliphatic rings. The maximum atomic E-state index is 12.2. The Hall–Kier alpha value is -1.80. The minimum absolute atomic E-state index is 0.0254. The molecule has 0 fully saturated rings. The summed E-state index contributed by atoms with van der Waals surface area (Å²) in [6.07, 6.45) is -4.55. The van der Waals surface area contributed by atoms with Crippen LogP contribution in [0.25, 0.3) is 0 Å². The van der Waals surface area contributed by atoms with Crippen molar-refractivity contribution in [2.45, 2.75) is 26.6 Å². The molecule has 0 radical (unpaired) electrons. The summed E-state index contributed by atoms with van der Waals surface area (Å²) in [5, 5.41) is 5.25. The van der Waals surface area contributed by atoms with Crippen molar-refractivity contribution in [2.24, 2.45) is 10.7 Å². The van der Waals surface area contributed by atoms with E-state index in [9.17, 15) is 13.2 Å². The van der Waals surface area contributed by atoms with Crippen LogP contribution >= 0.6 is 0 Å². The Morgan fingerprint density at radius 1 is 1.39 bits per heavy atom. The molecule has 1 aromatic rings. The van der Waals surface area contributed by atoms with Crippen LogP contribution in [0.3, 0.4) is 0 Å². The summed E-state index contributed by atoms with van der Waals surface area (Å²) in [6.45, 7) is 5.10. The highest BCUT2D eigenvalue weighted by Crippen LogP contribution is 2.25.